The van der Waals surface area contributed by atoms with Crippen molar-refractivity contribution >= 4 is 0 Å². The first-order valence-corrected chi connectivity index (χ1v) is 6.16. The molecule has 18 heavy (non-hydrogen) atoms. The molecule has 0 radical (unpaired) electrons. The van der Waals surface area contributed by atoms with E-state index in [1.54, 1.807) is 6.20 Å². The maximum atomic E-state index is 4.42. The third kappa shape index (κ3) is 3.17. The molecule has 0 amide bonds. The Labute approximate surface area is 108 Å². The highest BCUT2D eigenvalue weighted by atomic mass is 15.3. The van der Waals surface area contributed by atoms with E-state index < -0.39 is 0 Å². The number of pyridine rings is 1. The smallest absolute Gasteiger partial charge is 0.157 e. The van der Waals surface area contributed by atoms with Gasteiger partial charge in [0.15, 0.2) is 5.82 Å². The van der Waals surface area contributed by atoms with Gasteiger partial charge in [0, 0.05) is 30.0 Å². The number of aryl methyl sites for hydroxylation is 1. The van der Waals surface area contributed by atoms with Crippen molar-refractivity contribution in [3.05, 3.63) is 41.9 Å². The third-order valence-electron chi connectivity index (χ3n) is 2.61. The second-order valence-corrected chi connectivity index (χ2v) is 5.55. The van der Waals surface area contributed by atoms with E-state index in [1.807, 2.05) is 30.1 Å². The van der Waals surface area contributed by atoms with E-state index >= 15 is 0 Å². The molecule has 0 aliphatic heterocycles. The number of hydrogen-bond donors (Lipinski definition) is 1. The standard InChI is InChI=1S/C14H20N4/c1-11-8-17-18(10-11)13-12(6-5-7-15-13)9-16-14(2,3)4/h5-8,10,16H,9H2,1-4H3. The maximum Gasteiger partial charge on any atom is 0.157 e. The average Bonchev–Trinajstić information content (AvgIpc) is 2.72. The number of nitrogens with zero attached hydrogens (tertiary/aromatic N) is 3. The summed E-state index contributed by atoms with van der Waals surface area (Å²) in [5.41, 5.74) is 2.37. The Balaban J connectivity index is 2.26. The molecule has 4 heteroatoms. The van der Waals surface area contributed by atoms with Crippen LogP contribution < -0.4 is 5.32 Å². The Morgan fingerprint density at radius 2 is 2.11 bits per heavy atom. The summed E-state index contributed by atoms with van der Waals surface area (Å²) in [6.07, 6.45) is 5.63. The molecule has 2 heterocycles. The van der Waals surface area contributed by atoms with E-state index in [1.165, 1.54) is 0 Å². The van der Waals surface area contributed by atoms with Gasteiger partial charge in [-0.2, -0.15) is 5.10 Å². The molecule has 0 aliphatic rings. The predicted octanol–water partition coefficient (Wildman–Crippen LogP) is 2.46. The highest BCUT2D eigenvalue weighted by molar-refractivity contribution is 5.33. The van der Waals surface area contributed by atoms with Gasteiger partial charge in [-0.05, 0) is 39.3 Å². The fourth-order valence-electron chi connectivity index (χ4n) is 1.66. The Morgan fingerprint density at radius 3 is 2.72 bits per heavy atom. The van der Waals surface area contributed by atoms with Crippen LogP contribution in [0.1, 0.15) is 31.9 Å². The van der Waals surface area contributed by atoms with Crippen LogP contribution in [0.4, 0.5) is 0 Å². The van der Waals surface area contributed by atoms with Crippen molar-refractivity contribution in [1.29, 1.82) is 0 Å². The number of rotatable bonds is 3. The SMILES string of the molecule is Cc1cnn(-c2ncccc2CNC(C)(C)C)c1. The van der Waals surface area contributed by atoms with Crippen LogP contribution in [0, 0.1) is 6.92 Å². The van der Waals surface area contributed by atoms with E-state index in [-0.39, 0.29) is 5.54 Å². The molecule has 0 aliphatic carbocycles. The largest absolute Gasteiger partial charge is 0.308 e. The minimum atomic E-state index is 0.0904. The molecule has 2 aromatic rings. The monoisotopic (exact) mass is 244 g/mol. The molecule has 4 nitrogen and oxygen atoms in total. The fraction of sp³-hybridized carbons (Fsp3) is 0.429. The van der Waals surface area contributed by atoms with Gasteiger partial charge in [0.1, 0.15) is 0 Å². The number of nitrogens with one attached hydrogen (secondary N) is 1. The van der Waals surface area contributed by atoms with Crippen LogP contribution in [0.5, 0.6) is 0 Å². The molecule has 0 atom stereocenters. The summed E-state index contributed by atoms with van der Waals surface area (Å²) in [5, 5.41) is 7.79. The lowest BCUT2D eigenvalue weighted by molar-refractivity contribution is 0.423. The predicted molar refractivity (Wildman–Crippen MR) is 72.7 cm³/mol. The third-order valence-corrected chi connectivity index (χ3v) is 2.61. The molecule has 0 unspecified atom stereocenters. The Morgan fingerprint density at radius 1 is 1.33 bits per heavy atom. The van der Waals surface area contributed by atoms with Gasteiger partial charge in [-0.25, -0.2) is 9.67 Å². The summed E-state index contributed by atoms with van der Waals surface area (Å²) in [4.78, 5) is 4.42. The van der Waals surface area contributed by atoms with E-state index in [9.17, 15) is 0 Å². The van der Waals surface area contributed by atoms with Crippen LogP contribution in [0.2, 0.25) is 0 Å². The van der Waals surface area contributed by atoms with Crippen LogP contribution in [0.15, 0.2) is 30.7 Å². The summed E-state index contributed by atoms with van der Waals surface area (Å²) in [6, 6.07) is 4.04. The molecule has 0 bridgehead atoms. The zero-order valence-electron chi connectivity index (χ0n) is 11.4. The fourth-order valence-corrected chi connectivity index (χ4v) is 1.66. The molecule has 0 saturated carbocycles. The topological polar surface area (TPSA) is 42.7 Å². The first kappa shape index (κ1) is 12.8. The van der Waals surface area contributed by atoms with Gasteiger partial charge in [0.2, 0.25) is 0 Å². The lowest BCUT2D eigenvalue weighted by Crippen LogP contribution is -2.35. The van der Waals surface area contributed by atoms with E-state index in [0.29, 0.717) is 0 Å². The van der Waals surface area contributed by atoms with E-state index in [2.05, 4.69) is 42.2 Å². The normalized spacial score (nSPS) is 11.8. The zero-order chi connectivity index (χ0) is 13.2. The zero-order valence-corrected chi connectivity index (χ0v) is 11.4. The van der Waals surface area contributed by atoms with Crippen molar-refractivity contribution in [1.82, 2.24) is 20.1 Å². The lowest BCUT2D eigenvalue weighted by Gasteiger charge is -2.21. The van der Waals surface area contributed by atoms with E-state index in [4.69, 9.17) is 0 Å². The van der Waals surface area contributed by atoms with Gasteiger partial charge in [-0.15, -0.1) is 0 Å². The average molecular weight is 244 g/mol. The number of aromatic nitrogens is 3. The van der Waals surface area contributed by atoms with Crippen LogP contribution in [0.25, 0.3) is 5.82 Å². The van der Waals surface area contributed by atoms with Crippen LogP contribution >= 0.6 is 0 Å². The molecule has 96 valence electrons. The van der Waals surface area contributed by atoms with Gasteiger partial charge >= 0.3 is 0 Å². The molecular weight excluding hydrogens is 224 g/mol. The highest BCUT2D eigenvalue weighted by Crippen LogP contribution is 2.12. The minimum Gasteiger partial charge on any atom is -0.308 e. The van der Waals surface area contributed by atoms with Crippen LogP contribution in [-0.2, 0) is 6.54 Å². The van der Waals surface area contributed by atoms with Crippen molar-refractivity contribution < 1.29 is 0 Å². The molecule has 1 N–H and O–H groups in total. The van der Waals surface area contributed by atoms with Gasteiger partial charge in [0.25, 0.3) is 0 Å². The summed E-state index contributed by atoms with van der Waals surface area (Å²) >= 11 is 0. The van der Waals surface area contributed by atoms with Gasteiger partial charge in [-0.1, -0.05) is 6.07 Å². The van der Waals surface area contributed by atoms with Gasteiger partial charge in [-0.3, -0.25) is 0 Å². The quantitative estimate of drug-likeness (QED) is 0.902. The summed E-state index contributed by atoms with van der Waals surface area (Å²) < 4.78 is 1.83. The second-order valence-electron chi connectivity index (χ2n) is 5.55. The Hall–Kier alpha value is -1.68. The molecular formula is C14H20N4. The summed E-state index contributed by atoms with van der Waals surface area (Å²) in [5.74, 6) is 0.891. The van der Waals surface area contributed by atoms with Crippen molar-refractivity contribution in [3.63, 3.8) is 0 Å². The second kappa shape index (κ2) is 4.90. The van der Waals surface area contributed by atoms with Crippen molar-refractivity contribution in [3.8, 4) is 5.82 Å². The molecule has 0 aromatic carbocycles. The van der Waals surface area contributed by atoms with Crippen LogP contribution in [-0.4, -0.2) is 20.3 Å². The Kier molecular flexibility index (Phi) is 3.48. The summed E-state index contributed by atoms with van der Waals surface area (Å²) in [6.45, 7) is 9.27. The maximum absolute atomic E-state index is 4.42. The number of hydrogen-bond acceptors (Lipinski definition) is 3. The van der Waals surface area contributed by atoms with Crippen molar-refractivity contribution in [2.24, 2.45) is 0 Å². The molecule has 2 rings (SSSR count). The van der Waals surface area contributed by atoms with Crippen molar-refractivity contribution in [2.45, 2.75) is 39.8 Å². The summed E-state index contributed by atoms with van der Waals surface area (Å²) in [7, 11) is 0. The first-order valence-electron chi connectivity index (χ1n) is 6.16. The molecule has 0 spiro atoms. The highest BCUT2D eigenvalue weighted by Gasteiger charge is 2.12. The molecule has 0 saturated heterocycles. The minimum absolute atomic E-state index is 0.0904. The molecule has 2 aromatic heterocycles. The molecule has 0 fully saturated rings. The van der Waals surface area contributed by atoms with E-state index in [0.717, 1.165) is 23.5 Å². The van der Waals surface area contributed by atoms with Crippen molar-refractivity contribution in [2.75, 3.05) is 0 Å². The lowest BCUT2D eigenvalue weighted by atomic mass is 10.1. The Bertz CT molecular complexity index is 523. The van der Waals surface area contributed by atoms with Gasteiger partial charge < -0.3 is 5.32 Å². The van der Waals surface area contributed by atoms with Gasteiger partial charge in [0.05, 0.1) is 6.20 Å². The van der Waals surface area contributed by atoms with Crippen LogP contribution in [0.3, 0.4) is 0 Å². The first-order chi connectivity index (χ1) is 8.46.